The zero-order valence-corrected chi connectivity index (χ0v) is 20.1. The van der Waals surface area contributed by atoms with Crippen LogP contribution in [0.15, 0.2) is 83.9 Å². The summed E-state index contributed by atoms with van der Waals surface area (Å²) in [5, 5.41) is 3.10. The van der Waals surface area contributed by atoms with Crippen molar-refractivity contribution in [3.8, 4) is 0 Å². The van der Waals surface area contributed by atoms with Crippen LogP contribution in [0.2, 0.25) is 0 Å². The molecule has 1 aliphatic heterocycles. The number of carbonyl (C=O) groups is 1. The highest BCUT2D eigenvalue weighted by molar-refractivity contribution is 7.89. The van der Waals surface area contributed by atoms with Gasteiger partial charge in [0.2, 0.25) is 15.9 Å². The standard InChI is InChI=1S/C27H31N3O3S/c31-26(29-27(23-10-4-3-5-11-23)25-12-6-7-19-28-25)18-15-22-13-16-24(17-14-22)34(32,33)30-20-8-1-2-9-21-30/h3-7,10-14,16-17,19,27H,1-2,8-9,15,18,20-21H2,(H,29,31). The maximum Gasteiger partial charge on any atom is 0.243 e. The second-order valence-corrected chi connectivity index (χ2v) is 10.6. The number of carbonyl (C=O) groups excluding carboxylic acids is 1. The van der Waals surface area contributed by atoms with E-state index in [1.807, 2.05) is 60.7 Å². The van der Waals surface area contributed by atoms with Crippen molar-refractivity contribution in [2.24, 2.45) is 0 Å². The number of nitrogens with one attached hydrogen (secondary N) is 1. The molecule has 0 saturated carbocycles. The number of hydrogen-bond donors (Lipinski definition) is 1. The van der Waals surface area contributed by atoms with Crippen LogP contribution in [0.25, 0.3) is 0 Å². The highest BCUT2D eigenvalue weighted by atomic mass is 32.2. The minimum atomic E-state index is -3.46. The molecule has 0 spiro atoms. The third kappa shape index (κ3) is 6.10. The number of sulfonamides is 1. The Bertz CT molecular complexity index is 1120. The summed E-state index contributed by atoms with van der Waals surface area (Å²) in [7, 11) is -3.46. The highest BCUT2D eigenvalue weighted by Gasteiger charge is 2.25. The van der Waals surface area contributed by atoms with Crippen molar-refractivity contribution in [2.75, 3.05) is 13.1 Å². The first-order chi connectivity index (χ1) is 16.5. The molecule has 1 fully saturated rings. The summed E-state index contributed by atoms with van der Waals surface area (Å²) in [6.45, 7) is 1.17. The number of rotatable bonds is 8. The van der Waals surface area contributed by atoms with Gasteiger partial charge in [0.05, 0.1) is 16.6 Å². The van der Waals surface area contributed by atoms with Gasteiger partial charge >= 0.3 is 0 Å². The maximum atomic E-state index is 13.0. The summed E-state index contributed by atoms with van der Waals surface area (Å²) < 4.78 is 27.5. The fraction of sp³-hybridized carbons (Fsp3) is 0.333. The Kier molecular flexibility index (Phi) is 8.08. The third-order valence-corrected chi connectivity index (χ3v) is 8.10. The predicted molar refractivity (Wildman–Crippen MR) is 133 cm³/mol. The van der Waals surface area contributed by atoms with Gasteiger partial charge in [-0.3, -0.25) is 9.78 Å². The van der Waals surface area contributed by atoms with Crippen LogP contribution < -0.4 is 5.32 Å². The molecule has 2 aromatic carbocycles. The van der Waals surface area contributed by atoms with Crippen LogP contribution in [0, 0.1) is 0 Å². The van der Waals surface area contributed by atoms with E-state index in [1.54, 1.807) is 22.6 Å². The first-order valence-corrected chi connectivity index (χ1v) is 13.3. The lowest BCUT2D eigenvalue weighted by Gasteiger charge is -2.20. The Labute approximate surface area is 202 Å². The molecule has 0 radical (unpaired) electrons. The monoisotopic (exact) mass is 477 g/mol. The topological polar surface area (TPSA) is 79.4 Å². The molecule has 3 aromatic rings. The zero-order chi connectivity index (χ0) is 23.8. The normalized spacial score (nSPS) is 15.9. The van der Waals surface area contributed by atoms with E-state index in [9.17, 15) is 13.2 Å². The number of amides is 1. The van der Waals surface area contributed by atoms with Gasteiger partial charge in [0, 0.05) is 25.7 Å². The fourth-order valence-corrected chi connectivity index (χ4v) is 5.79. The van der Waals surface area contributed by atoms with Gasteiger partial charge < -0.3 is 5.32 Å². The quantitative estimate of drug-likeness (QED) is 0.519. The molecule has 4 rings (SSSR count). The molecular formula is C27H31N3O3S. The average molecular weight is 478 g/mol. The van der Waals surface area contributed by atoms with E-state index in [0.29, 0.717) is 30.8 Å². The fourth-order valence-electron chi connectivity index (χ4n) is 4.27. The van der Waals surface area contributed by atoms with Gasteiger partial charge in [-0.1, -0.05) is 61.4 Å². The molecule has 1 aromatic heterocycles. The molecule has 6 nitrogen and oxygen atoms in total. The molecule has 1 saturated heterocycles. The molecular weight excluding hydrogens is 446 g/mol. The minimum Gasteiger partial charge on any atom is -0.344 e. The maximum absolute atomic E-state index is 13.0. The predicted octanol–water partition coefficient (Wildman–Crippen LogP) is 4.48. The molecule has 1 atom stereocenters. The van der Waals surface area contributed by atoms with Crippen LogP contribution in [0.1, 0.15) is 55.0 Å². The minimum absolute atomic E-state index is 0.0826. The van der Waals surface area contributed by atoms with Crippen molar-refractivity contribution in [1.29, 1.82) is 0 Å². The molecule has 1 amide bonds. The van der Waals surface area contributed by atoms with Crippen LogP contribution in [-0.4, -0.2) is 36.7 Å². The smallest absolute Gasteiger partial charge is 0.243 e. The molecule has 1 unspecified atom stereocenters. The number of nitrogens with zero attached hydrogens (tertiary/aromatic N) is 2. The lowest BCUT2D eigenvalue weighted by molar-refractivity contribution is -0.121. The van der Waals surface area contributed by atoms with E-state index < -0.39 is 10.0 Å². The summed E-state index contributed by atoms with van der Waals surface area (Å²) in [6, 6.07) is 22.1. The van der Waals surface area contributed by atoms with Gasteiger partial charge in [-0.25, -0.2) is 8.42 Å². The molecule has 2 heterocycles. The van der Waals surface area contributed by atoms with Gasteiger partial charge in [0.25, 0.3) is 0 Å². The summed E-state index contributed by atoms with van der Waals surface area (Å²) in [5.74, 6) is -0.0826. The summed E-state index contributed by atoms with van der Waals surface area (Å²) in [5.41, 5.74) is 2.68. The van der Waals surface area contributed by atoms with Gasteiger partial charge in [-0.2, -0.15) is 4.31 Å². The molecule has 34 heavy (non-hydrogen) atoms. The average Bonchev–Trinajstić information content (AvgIpc) is 3.18. The van der Waals surface area contributed by atoms with E-state index in [4.69, 9.17) is 0 Å². The van der Waals surface area contributed by atoms with E-state index >= 15 is 0 Å². The number of benzene rings is 2. The Morgan fingerprint density at radius 3 is 2.21 bits per heavy atom. The van der Waals surface area contributed by atoms with Gasteiger partial charge in [-0.05, 0) is 54.7 Å². The lowest BCUT2D eigenvalue weighted by atomic mass is 10.0. The molecule has 0 bridgehead atoms. The van der Waals surface area contributed by atoms with Gasteiger partial charge in [0.1, 0.15) is 0 Å². The van der Waals surface area contributed by atoms with Crippen LogP contribution in [0.3, 0.4) is 0 Å². The highest BCUT2D eigenvalue weighted by Crippen LogP contribution is 2.22. The summed E-state index contributed by atoms with van der Waals surface area (Å²) >= 11 is 0. The van der Waals surface area contributed by atoms with Crippen molar-refractivity contribution in [1.82, 2.24) is 14.6 Å². The molecule has 1 aliphatic rings. The van der Waals surface area contributed by atoms with Crippen molar-refractivity contribution in [3.63, 3.8) is 0 Å². The van der Waals surface area contributed by atoms with E-state index in [0.717, 1.165) is 42.5 Å². The largest absolute Gasteiger partial charge is 0.344 e. The number of hydrogen-bond acceptors (Lipinski definition) is 4. The molecule has 0 aliphatic carbocycles. The van der Waals surface area contributed by atoms with Crippen molar-refractivity contribution < 1.29 is 13.2 Å². The Morgan fingerprint density at radius 1 is 0.882 bits per heavy atom. The summed E-state index contributed by atoms with van der Waals surface area (Å²) in [4.78, 5) is 17.5. The molecule has 1 N–H and O–H groups in total. The van der Waals surface area contributed by atoms with Crippen LogP contribution in [0.4, 0.5) is 0 Å². The summed E-state index contributed by atoms with van der Waals surface area (Å²) in [6.07, 6.45) is 6.54. The lowest BCUT2D eigenvalue weighted by Crippen LogP contribution is -2.31. The van der Waals surface area contributed by atoms with E-state index in [1.165, 1.54) is 0 Å². The Balaban J connectivity index is 1.38. The third-order valence-electron chi connectivity index (χ3n) is 6.19. The molecule has 7 heteroatoms. The van der Waals surface area contributed by atoms with Crippen LogP contribution >= 0.6 is 0 Å². The number of aromatic nitrogens is 1. The number of pyridine rings is 1. The van der Waals surface area contributed by atoms with Crippen LogP contribution in [0.5, 0.6) is 0 Å². The van der Waals surface area contributed by atoms with Gasteiger partial charge in [0.15, 0.2) is 0 Å². The Morgan fingerprint density at radius 2 is 1.56 bits per heavy atom. The number of aryl methyl sites for hydroxylation is 1. The van der Waals surface area contributed by atoms with Crippen molar-refractivity contribution in [3.05, 3.63) is 95.8 Å². The first-order valence-electron chi connectivity index (χ1n) is 11.9. The second kappa shape index (κ2) is 11.4. The molecule has 178 valence electrons. The van der Waals surface area contributed by atoms with E-state index in [-0.39, 0.29) is 11.9 Å². The second-order valence-electron chi connectivity index (χ2n) is 8.63. The zero-order valence-electron chi connectivity index (χ0n) is 19.3. The Hall–Kier alpha value is -3.03. The first kappa shape index (κ1) is 24.1. The van der Waals surface area contributed by atoms with Crippen molar-refractivity contribution in [2.45, 2.75) is 49.5 Å². The SMILES string of the molecule is O=C(CCc1ccc(S(=O)(=O)N2CCCCCC2)cc1)NC(c1ccccc1)c1ccccn1. The van der Waals surface area contributed by atoms with E-state index in [2.05, 4.69) is 10.3 Å². The van der Waals surface area contributed by atoms with Gasteiger partial charge in [-0.15, -0.1) is 0 Å². The van der Waals surface area contributed by atoms with Crippen molar-refractivity contribution >= 4 is 15.9 Å². The van der Waals surface area contributed by atoms with Crippen LogP contribution in [-0.2, 0) is 21.2 Å².